The zero-order valence-electron chi connectivity index (χ0n) is 8.00. The van der Waals surface area contributed by atoms with E-state index in [4.69, 9.17) is 6.42 Å². The van der Waals surface area contributed by atoms with E-state index in [0.717, 1.165) is 17.2 Å². The molecule has 0 saturated heterocycles. The molecule has 0 amide bonds. The maximum atomic E-state index is 5.29. The quantitative estimate of drug-likeness (QED) is 0.743. The molecule has 0 bridgehead atoms. The summed E-state index contributed by atoms with van der Waals surface area (Å²) in [6.07, 6.45) is 5.99. The zero-order chi connectivity index (χ0) is 9.68. The Kier molecular flexibility index (Phi) is 3.94. The molecule has 0 fully saturated rings. The number of terminal acetylenes is 1. The van der Waals surface area contributed by atoms with Crippen LogP contribution in [0, 0.1) is 19.3 Å². The Morgan fingerprint density at radius 3 is 3.00 bits per heavy atom. The van der Waals surface area contributed by atoms with Crippen LogP contribution in [0.4, 0.5) is 0 Å². The Hall–Kier alpha value is -0.850. The molecule has 0 spiro atoms. The molecule has 1 rings (SSSR count). The molecule has 2 nitrogen and oxygen atoms in total. The van der Waals surface area contributed by atoms with Crippen LogP contribution in [0.2, 0.25) is 0 Å². The van der Waals surface area contributed by atoms with Gasteiger partial charge in [0.1, 0.15) is 0 Å². The van der Waals surface area contributed by atoms with E-state index in [2.05, 4.69) is 28.5 Å². The minimum absolute atomic E-state index is 0.222. The van der Waals surface area contributed by atoms with Crippen molar-refractivity contribution in [1.29, 1.82) is 0 Å². The van der Waals surface area contributed by atoms with Crippen LogP contribution >= 0.6 is 11.3 Å². The van der Waals surface area contributed by atoms with Gasteiger partial charge in [0.05, 0.1) is 16.7 Å². The van der Waals surface area contributed by atoms with Crippen molar-refractivity contribution < 1.29 is 0 Å². The Bertz CT molecular complexity index is 298. The van der Waals surface area contributed by atoms with Gasteiger partial charge in [-0.05, 0) is 13.5 Å². The van der Waals surface area contributed by atoms with Crippen LogP contribution in [-0.4, -0.2) is 11.5 Å². The second-order valence-corrected chi connectivity index (χ2v) is 3.87. The summed E-state index contributed by atoms with van der Waals surface area (Å²) in [6.45, 7) is 5.00. The van der Waals surface area contributed by atoms with Crippen molar-refractivity contribution in [2.75, 3.05) is 6.54 Å². The number of thiazole rings is 1. The molecule has 1 atom stereocenters. The number of nitrogens with zero attached hydrogens (tertiary/aromatic N) is 1. The van der Waals surface area contributed by atoms with Crippen LogP contribution in [0.5, 0.6) is 0 Å². The third-order valence-electron chi connectivity index (χ3n) is 1.77. The van der Waals surface area contributed by atoms with Gasteiger partial charge in [-0.15, -0.1) is 23.7 Å². The van der Waals surface area contributed by atoms with Gasteiger partial charge >= 0.3 is 0 Å². The van der Waals surface area contributed by atoms with Gasteiger partial charge in [-0.3, -0.25) is 0 Å². The summed E-state index contributed by atoms with van der Waals surface area (Å²) in [5, 5.41) is 6.48. The van der Waals surface area contributed by atoms with Gasteiger partial charge in [-0.2, -0.15) is 0 Å². The van der Waals surface area contributed by atoms with Crippen LogP contribution < -0.4 is 5.32 Å². The molecule has 0 aromatic carbocycles. The van der Waals surface area contributed by atoms with E-state index in [-0.39, 0.29) is 6.04 Å². The summed E-state index contributed by atoms with van der Waals surface area (Å²) < 4.78 is 0. The van der Waals surface area contributed by atoms with Crippen molar-refractivity contribution in [2.24, 2.45) is 0 Å². The van der Waals surface area contributed by atoms with Crippen LogP contribution in [0.15, 0.2) is 5.38 Å². The monoisotopic (exact) mass is 194 g/mol. The fourth-order valence-electron chi connectivity index (χ4n) is 1.19. The van der Waals surface area contributed by atoms with E-state index in [1.165, 1.54) is 0 Å². The number of rotatable bonds is 4. The summed E-state index contributed by atoms with van der Waals surface area (Å²) in [4.78, 5) is 4.41. The number of aryl methyl sites for hydroxylation is 1. The van der Waals surface area contributed by atoms with Crippen molar-refractivity contribution in [3.05, 3.63) is 16.1 Å². The first-order chi connectivity index (χ1) is 6.27. The summed E-state index contributed by atoms with van der Waals surface area (Å²) in [5.74, 6) is 2.66. The molecule has 0 radical (unpaired) electrons. The van der Waals surface area contributed by atoms with Gasteiger partial charge in [0, 0.05) is 11.8 Å². The molecule has 0 saturated carbocycles. The number of aromatic nitrogens is 1. The number of nitrogens with one attached hydrogen (secondary N) is 1. The topological polar surface area (TPSA) is 24.9 Å². The lowest BCUT2D eigenvalue weighted by Crippen LogP contribution is -2.20. The highest BCUT2D eigenvalue weighted by Crippen LogP contribution is 2.18. The van der Waals surface area contributed by atoms with Gasteiger partial charge in [-0.1, -0.05) is 6.92 Å². The van der Waals surface area contributed by atoms with Crippen molar-refractivity contribution in [1.82, 2.24) is 10.3 Å². The van der Waals surface area contributed by atoms with E-state index in [0.29, 0.717) is 6.42 Å². The van der Waals surface area contributed by atoms with E-state index >= 15 is 0 Å². The van der Waals surface area contributed by atoms with Gasteiger partial charge in [0.2, 0.25) is 0 Å². The maximum Gasteiger partial charge on any atom is 0.0898 e. The second-order valence-electron chi connectivity index (χ2n) is 2.81. The van der Waals surface area contributed by atoms with Gasteiger partial charge in [-0.25, -0.2) is 4.98 Å². The van der Waals surface area contributed by atoms with E-state index in [9.17, 15) is 0 Å². The third kappa shape index (κ3) is 2.83. The normalized spacial score (nSPS) is 12.4. The van der Waals surface area contributed by atoms with Crippen molar-refractivity contribution >= 4 is 11.3 Å². The predicted octanol–water partition coefficient (Wildman–Crippen LogP) is 2.13. The zero-order valence-corrected chi connectivity index (χ0v) is 8.82. The molecule has 0 aliphatic rings. The van der Waals surface area contributed by atoms with Crippen LogP contribution in [0.25, 0.3) is 0 Å². The van der Waals surface area contributed by atoms with Crippen LogP contribution in [-0.2, 0) is 0 Å². The van der Waals surface area contributed by atoms with E-state index in [1.54, 1.807) is 11.3 Å². The lowest BCUT2D eigenvalue weighted by atomic mass is 10.1. The van der Waals surface area contributed by atoms with Crippen molar-refractivity contribution in [3.63, 3.8) is 0 Å². The van der Waals surface area contributed by atoms with Crippen molar-refractivity contribution in [3.8, 4) is 12.3 Å². The van der Waals surface area contributed by atoms with E-state index < -0.39 is 0 Å². The molecule has 1 N–H and O–H groups in total. The Labute approximate surface area is 83.4 Å². The molecule has 1 unspecified atom stereocenters. The van der Waals surface area contributed by atoms with Crippen LogP contribution in [0.3, 0.4) is 0 Å². The van der Waals surface area contributed by atoms with Gasteiger partial charge in [0.25, 0.3) is 0 Å². The maximum absolute atomic E-state index is 5.29. The van der Waals surface area contributed by atoms with E-state index in [1.807, 2.05) is 6.92 Å². The van der Waals surface area contributed by atoms with Crippen LogP contribution in [0.1, 0.15) is 30.1 Å². The Balaban J connectivity index is 2.70. The molecule has 0 aliphatic carbocycles. The van der Waals surface area contributed by atoms with Gasteiger partial charge in [0.15, 0.2) is 0 Å². The smallest absolute Gasteiger partial charge is 0.0898 e. The standard InChI is InChI=1S/C10H14N2S/c1-4-6-9(11-5-2)10-7-13-8(3)12-10/h1,7,9,11H,5-6H2,2-3H3. The lowest BCUT2D eigenvalue weighted by molar-refractivity contribution is 0.553. The number of hydrogen-bond donors (Lipinski definition) is 1. The molecular formula is C10H14N2S. The molecular weight excluding hydrogens is 180 g/mol. The summed E-state index contributed by atoms with van der Waals surface area (Å²) in [6, 6.07) is 0.222. The molecule has 1 aromatic rings. The fraction of sp³-hybridized carbons (Fsp3) is 0.500. The molecule has 70 valence electrons. The van der Waals surface area contributed by atoms with Crippen molar-refractivity contribution in [2.45, 2.75) is 26.3 Å². The first-order valence-corrected chi connectivity index (χ1v) is 5.24. The molecule has 0 aliphatic heterocycles. The minimum atomic E-state index is 0.222. The molecule has 1 heterocycles. The average molecular weight is 194 g/mol. The lowest BCUT2D eigenvalue weighted by Gasteiger charge is -2.11. The molecule has 3 heteroatoms. The first-order valence-electron chi connectivity index (χ1n) is 4.36. The fourth-order valence-corrected chi connectivity index (χ4v) is 1.85. The highest BCUT2D eigenvalue weighted by atomic mass is 32.1. The largest absolute Gasteiger partial charge is 0.308 e. The molecule has 13 heavy (non-hydrogen) atoms. The highest BCUT2D eigenvalue weighted by Gasteiger charge is 2.11. The SMILES string of the molecule is C#CCC(NCC)c1csc(C)n1. The number of hydrogen-bond acceptors (Lipinski definition) is 3. The Morgan fingerprint density at radius 2 is 2.54 bits per heavy atom. The summed E-state index contributed by atoms with van der Waals surface area (Å²) >= 11 is 1.66. The minimum Gasteiger partial charge on any atom is -0.308 e. The average Bonchev–Trinajstić information content (AvgIpc) is 2.51. The summed E-state index contributed by atoms with van der Waals surface area (Å²) in [5.41, 5.74) is 1.07. The second kappa shape index (κ2) is 5.00. The third-order valence-corrected chi connectivity index (χ3v) is 2.56. The van der Waals surface area contributed by atoms with Gasteiger partial charge < -0.3 is 5.32 Å². The highest BCUT2D eigenvalue weighted by molar-refractivity contribution is 7.09. The summed E-state index contributed by atoms with van der Waals surface area (Å²) in [7, 11) is 0. The molecule has 1 aromatic heterocycles. The Morgan fingerprint density at radius 1 is 1.77 bits per heavy atom. The first kappa shape index (κ1) is 10.2. The predicted molar refractivity (Wildman–Crippen MR) is 56.7 cm³/mol.